The normalized spacial score (nSPS) is 16.1. The molecule has 0 aromatic heterocycles. The lowest BCUT2D eigenvalue weighted by atomic mass is 9.88. The largest absolute Gasteiger partial charge is 0.488 e. The monoisotopic (exact) mass is 639 g/mol. The van der Waals surface area contributed by atoms with Gasteiger partial charge in [-0.2, -0.15) is 0 Å². The molecule has 45 heavy (non-hydrogen) atoms. The molecule has 242 valence electrons. The first-order chi connectivity index (χ1) is 21.5. The van der Waals surface area contributed by atoms with E-state index in [0.29, 0.717) is 25.2 Å². The molecule has 3 aromatic carbocycles. The molecule has 10 heteroatoms. The highest BCUT2D eigenvalue weighted by atomic mass is 35.5. The van der Waals surface area contributed by atoms with E-state index in [4.69, 9.17) is 31.5 Å². The fourth-order valence-corrected chi connectivity index (χ4v) is 5.74. The summed E-state index contributed by atoms with van der Waals surface area (Å²) in [6, 6.07) is 18.5. The number of ether oxygens (including phenoxy) is 3. The Morgan fingerprint density at radius 2 is 1.80 bits per heavy atom. The lowest BCUT2D eigenvalue weighted by molar-refractivity contribution is 0.0256. The van der Waals surface area contributed by atoms with Crippen molar-refractivity contribution in [2.24, 2.45) is 5.73 Å². The third-order valence-electron chi connectivity index (χ3n) is 7.77. The van der Waals surface area contributed by atoms with Gasteiger partial charge in [-0.25, -0.2) is 9.18 Å². The number of benzene rings is 3. The molecule has 1 unspecified atom stereocenters. The standard InChI is InChI=1S/C35H43ClFN3O5/c1-35(2,3)45-34(42)40-17-8-11-25(16-18-40)39-22-28(23-9-6-5-7-10-23)24-12-14-29(36)27(21-24)31-26(33(38)41)13-15-30(32(31)37)44-20-19-43-4/h5-7,9-10,12-15,21,25,28,39H,8,11,16-20,22H2,1-4H3,(H2,38,41)/t25-,28?/m0/s1. The van der Waals surface area contributed by atoms with Gasteiger partial charge < -0.3 is 30.2 Å². The lowest BCUT2D eigenvalue weighted by Gasteiger charge is -2.26. The van der Waals surface area contributed by atoms with E-state index < -0.39 is 17.3 Å². The minimum absolute atomic E-state index is 0.00459. The maximum Gasteiger partial charge on any atom is 0.410 e. The van der Waals surface area contributed by atoms with Gasteiger partial charge in [0.1, 0.15) is 12.2 Å². The topological polar surface area (TPSA) is 103 Å². The predicted octanol–water partition coefficient (Wildman–Crippen LogP) is 6.78. The van der Waals surface area contributed by atoms with Crippen molar-refractivity contribution in [3.63, 3.8) is 0 Å². The molecule has 0 bridgehead atoms. The van der Waals surface area contributed by atoms with Crippen LogP contribution in [0.3, 0.4) is 0 Å². The Kier molecular flexibility index (Phi) is 11.8. The van der Waals surface area contributed by atoms with Crippen LogP contribution in [0.15, 0.2) is 60.7 Å². The van der Waals surface area contributed by atoms with Crippen molar-refractivity contribution in [2.45, 2.75) is 57.6 Å². The van der Waals surface area contributed by atoms with E-state index in [1.54, 1.807) is 11.0 Å². The Balaban J connectivity index is 1.62. The van der Waals surface area contributed by atoms with Crippen molar-refractivity contribution >= 4 is 23.6 Å². The number of nitrogens with two attached hydrogens (primary N) is 1. The van der Waals surface area contributed by atoms with E-state index in [1.165, 1.54) is 19.2 Å². The molecule has 0 aliphatic carbocycles. The molecule has 3 N–H and O–H groups in total. The van der Waals surface area contributed by atoms with Gasteiger partial charge in [-0.05, 0) is 75.4 Å². The predicted molar refractivity (Wildman–Crippen MR) is 174 cm³/mol. The highest BCUT2D eigenvalue weighted by Crippen LogP contribution is 2.39. The van der Waals surface area contributed by atoms with Crippen molar-refractivity contribution < 1.29 is 28.2 Å². The molecule has 0 saturated carbocycles. The number of carbonyl (C=O) groups excluding carboxylic acids is 2. The second kappa shape index (κ2) is 15.6. The maximum atomic E-state index is 16.0. The number of carbonyl (C=O) groups is 2. The van der Waals surface area contributed by atoms with E-state index in [0.717, 1.165) is 30.4 Å². The number of hydrogen-bond donors (Lipinski definition) is 2. The van der Waals surface area contributed by atoms with Crippen LogP contribution in [0.4, 0.5) is 9.18 Å². The number of rotatable bonds is 11. The van der Waals surface area contributed by atoms with Gasteiger partial charge >= 0.3 is 6.09 Å². The minimum Gasteiger partial charge on any atom is -0.488 e. The zero-order valence-electron chi connectivity index (χ0n) is 26.4. The Hall–Kier alpha value is -3.66. The van der Waals surface area contributed by atoms with Crippen LogP contribution in [-0.2, 0) is 9.47 Å². The molecular weight excluding hydrogens is 597 g/mol. The van der Waals surface area contributed by atoms with Gasteiger partial charge in [0.05, 0.1) is 12.2 Å². The zero-order valence-corrected chi connectivity index (χ0v) is 27.2. The van der Waals surface area contributed by atoms with E-state index in [-0.39, 0.29) is 53.2 Å². The number of primary amides is 1. The summed E-state index contributed by atoms with van der Waals surface area (Å²) in [5.74, 6) is -1.63. The summed E-state index contributed by atoms with van der Waals surface area (Å²) in [6.07, 6.45) is 2.27. The first-order valence-corrected chi connectivity index (χ1v) is 15.7. The number of methoxy groups -OCH3 is 1. The van der Waals surface area contributed by atoms with Crippen LogP contribution in [0.1, 0.15) is 67.4 Å². The second-order valence-corrected chi connectivity index (χ2v) is 12.6. The Morgan fingerprint density at radius 1 is 1.04 bits per heavy atom. The average Bonchev–Trinajstić information content (AvgIpc) is 3.24. The van der Waals surface area contributed by atoms with Crippen molar-refractivity contribution in [3.8, 4) is 16.9 Å². The van der Waals surface area contributed by atoms with Gasteiger partial charge in [0.25, 0.3) is 0 Å². The highest BCUT2D eigenvalue weighted by Gasteiger charge is 2.27. The summed E-state index contributed by atoms with van der Waals surface area (Å²) in [4.78, 5) is 26.9. The first-order valence-electron chi connectivity index (χ1n) is 15.3. The number of amides is 2. The van der Waals surface area contributed by atoms with E-state index >= 15 is 4.39 Å². The summed E-state index contributed by atoms with van der Waals surface area (Å²) < 4.78 is 32.2. The van der Waals surface area contributed by atoms with Crippen molar-refractivity contribution in [1.29, 1.82) is 0 Å². The van der Waals surface area contributed by atoms with E-state index in [2.05, 4.69) is 17.4 Å². The van der Waals surface area contributed by atoms with E-state index in [1.807, 2.05) is 51.1 Å². The fourth-order valence-electron chi connectivity index (χ4n) is 5.53. The highest BCUT2D eigenvalue weighted by molar-refractivity contribution is 6.33. The molecular formula is C35H43ClFN3O5. The summed E-state index contributed by atoms with van der Waals surface area (Å²) >= 11 is 6.67. The molecule has 1 aliphatic heterocycles. The summed E-state index contributed by atoms with van der Waals surface area (Å²) in [5, 5.41) is 4.00. The van der Waals surface area contributed by atoms with Crippen LogP contribution in [0.2, 0.25) is 5.02 Å². The molecule has 8 nitrogen and oxygen atoms in total. The molecule has 1 aliphatic rings. The van der Waals surface area contributed by atoms with Crippen LogP contribution >= 0.6 is 11.6 Å². The second-order valence-electron chi connectivity index (χ2n) is 12.2. The molecule has 1 heterocycles. The Labute approximate surface area is 270 Å². The van der Waals surface area contributed by atoms with Gasteiger partial charge in [-0.15, -0.1) is 0 Å². The number of halogens is 2. The van der Waals surface area contributed by atoms with Gasteiger partial charge in [-0.3, -0.25) is 4.79 Å². The smallest absolute Gasteiger partial charge is 0.410 e. The summed E-state index contributed by atoms with van der Waals surface area (Å²) in [6.45, 7) is 7.86. The van der Waals surface area contributed by atoms with Gasteiger partial charge in [-0.1, -0.05) is 48.0 Å². The Bertz CT molecular complexity index is 1460. The summed E-state index contributed by atoms with van der Waals surface area (Å²) in [7, 11) is 1.53. The number of nitrogens with one attached hydrogen (secondary N) is 1. The quantitative estimate of drug-likeness (QED) is 0.224. The molecule has 0 radical (unpaired) electrons. The number of nitrogens with zero attached hydrogens (tertiary/aromatic N) is 1. The van der Waals surface area contributed by atoms with Crippen LogP contribution in [-0.4, -0.2) is 68.5 Å². The average molecular weight is 640 g/mol. The Morgan fingerprint density at radius 3 is 2.49 bits per heavy atom. The number of hydrogen-bond acceptors (Lipinski definition) is 6. The van der Waals surface area contributed by atoms with Gasteiger partial charge in [0, 0.05) is 54.9 Å². The van der Waals surface area contributed by atoms with Crippen molar-refractivity contribution in [2.75, 3.05) is 40.0 Å². The fraction of sp³-hybridized carbons (Fsp3) is 0.429. The van der Waals surface area contributed by atoms with Crippen LogP contribution in [0.25, 0.3) is 11.1 Å². The van der Waals surface area contributed by atoms with Crippen LogP contribution in [0.5, 0.6) is 5.75 Å². The number of likely N-dealkylation sites (tertiary alicyclic amines) is 1. The van der Waals surface area contributed by atoms with Crippen LogP contribution < -0.4 is 15.8 Å². The first kappa shape index (κ1) is 34.2. The summed E-state index contributed by atoms with van der Waals surface area (Å²) in [5.41, 5.74) is 7.44. The zero-order chi connectivity index (χ0) is 32.6. The van der Waals surface area contributed by atoms with Gasteiger partial charge in [0.2, 0.25) is 5.91 Å². The SMILES string of the molecule is COCCOc1ccc(C(N)=O)c(-c2cc(C(CN[C@H]3CCCN(C(=O)OC(C)(C)C)CC3)c3ccccc3)ccc2Cl)c1F. The molecule has 2 atom stereocenters. The molecule has 1 saturated heterocycles. The van der Waals surface area contributed by atoms with Crippen molar-refractivity contribution in [1.82, 2.24) is 10.2 Å². The third kappa shape index (κ3) is 9.19. The minimum atomic E-state index is -0.774. The lowest BCUT2D eigenvalue weighted by Crippen LogP contribution is -2.38. The molecule has 0 spiro atoms. The van der Waals surface area contributed by atoms with Crippen LogP contribution in [0, 0.1) is 5.82 Å². The molecule has 1 fully saturated rings. The van der Waals surface area contributed by atoms with Gasteiger partial charge in [0.15, 0.2) is 11.6 Å². The van der Waals surface area contributed by atoms with E-state index in [9.17, 15) is 9.59 Å². The molecule has 4 rings (SSSR count). The molecule has 3 aromatic rings. The molecule has 2 amide bonds. The third-order valence-corrected chi connectivity index (χ3v) is 8.10. The maximum absolute atomic E-state index is 16.0. The van der Waals surface area contributed by atoms with Crippen molar-refractivity contribution in [3.05, 3.63) is 88.2 Å².